The summed E-state index contributed by atoms with van der Waals surface area (Å²) in [4.78, 5) is 19.5. The van der Waals surface area contributed by atoms with E-state index in [0.717, 1.165) is 5.56 Å². The largest absolute Gasteiger partial charge is 0.378 e. The molecule has 0 amide bonds. The van der Waals surface area contributed by atoms with Crippen molar-refractivity contribution in [1.29, 1.82) is 0 Å². The van der Waals surface area contributed by atoms with Crippen molar-refractivity contribution in [2.45, 2.75) is 25.3 Å². The molecule has 0 aliphatic carbocycles. The molecule has 3 aromatic rings. The number of anilines is 1. The van der Waals surface area contributed by atoms with Crippen LogP contribution in [0.25, 0.3) is 11.0 Å². The van der Waals surface area contributed by atoms with Crippen molar-refractivity contribution < 1.29 is 13.5 Å². The zero-order chi connectivity index (χ0) is 21.0. The number of aromatic nitrogens is 4. The van der Waals surface area contributed by atoms with Crippen LogP contribution in [0.3, 0.4) is 0 Å². The normalized spacial score (nSPS) is 13.5. The van der Waals surface area contributed by atoms with Crippen molar-refractivity contribution in [1.82, 2.24) is 19.7 Å². The maximum absolute atomic E-state index is 12.5. The van der Waals surface area contributed by atoms with Gasteiger partial charge in [-0.3, -0.25) is 14.5 Å². The topological polar surface area (TPSA) is 122 Å². The van der Waals surface area contributed by atoms with Gasteiger partial charge in [-0.05, 0) is 24.6 Å². The summed E-state index contributed by atoms with van der Waals surface area (Å²) < 4.78 is 26.7. The first-order valence-corrected chi connectivity index (χ1v) is 10.6. The van der Waals surface area contributed by atoms with E-state index in [4.69, 9.17) is 32.5 Å². The molecule has 2 aromatic heterocycles. The molecule has 9 nitrogen and oxygen atoms in total. The monoisotopic (exact) mass is 459 g/mol. The van der Waals surface area contributed by atoms with Gasteiger partial charge < -0.3 is 14.6 Å². The number of nitrogens with zero attached hydrogens (tertiary/aromatic N) is 3. The maximum atomic E-state index is 12.5. The van der Waals surface area contributed by atoms with Crippen molar-refractivity contribution >= 4 is 51.3 Å². The molecule has 29 heavy (non-hydrogen) atoms. The van der Waals surface area contributed by atoms with Gasteiger partial charge in [0.2, 0.25) is 5.95 Å². The van der Waals surface area contributed by atoms with Crippen molar-refractivity contribution in [3.8, 4) is 0 Å². The van der Waals surface area contributed by atoms with Gasteiger partial charge in [-0.1, -0.05) is 29.3 Å². The molecule has 0 saturated carbocycles. The lowest BCUT2D eigenvalue weighted by Gasteiger charge is -2.09. The fraction of sp³-hybridized carbons (Fsp3) is 0.353. The lowest BCUT2D eigenvalue weighted by atomic mass is 10.2. The second kappa shape index (κ2) is 9.68. The Morgan fingerprint density at radius 2 is 2.17 bits per heavy atom. The molecule has 0 fully saturated rings. The van der Waals surface area contributed by atoms with Crippen LogP contribution in [0, 0.1) is 0 Å². The van der Waals surface area contributed by atoms with Crippen LogP contribution in [-0.4, -0.2) is 47.0 Å². The Hall–Kier alpha value is -1.98. The van der Waals surface area contributed by atoms with E-state index >= 15 is 0 Å². The van der Waals surface area contributed by atoms with E-state index in [0.29, 0.717) is 40.1 Å². The first-order chi connectivity index (χ1) is 13.8. The zero-order valence-electron chi connectivity index (χ0n) is 15.4. The number of ether oxygens (including phenoxy) is 1. The Balaban J connectivity index is 1.65. The molecule has 1 aromatic carbocycles. The van der Waals surface area contributed by atoms with Crippen LogP contribution in [-0.2, 0) is 28.9 Å². The van der Waals surface area contributed by atoms with Crippen molar-refractivity contribution in [2.75, 3.05) is 18.5 Å². The third kappa shape index (κ3) is 5.55. The molecule has 0 spiro atoms. The van der Waals surface area contributed by atoms with Crippen LogP contribution in [0.1, 0.15) is 12.5 Å². The van der Waals surface area contributed by atoms with E-state index in [9.17, 15) is 9.00 Å². The highest BCUT2D eigenvalue weighted by atomic mass is 35.5. The number of rotatable bonds is 9. The minimum Gasteiger partial charge on any atom is -0.378 e. The Labute approximate surface area is 178 Å². The van der Waals surface area contributed by atoms with E-state index in [-0.39, 0.29) is 18.8 Å². The van der Waals surface area contributed by atoms with Gasteiger partial charge in [-0.15, -0.1) is 0 Å². The number of fused-ring (bicyclic) bond motifs is 1. The number of hydrogen-bond donors (Lipinski definition) is 3. The van der Waals surface area contributed by atoms with Crippen LogP contribution in [0.5, 0.6) is 0 Å². The predicted octanol–water partition coefficient (Wildman–Crippen LogP) is 2.67. The number of hydrogen-bond acceptors (Lipinski definition) is 6. The molecule has 0 aliphatic heterocycles. The van der Waals surface area contributed by atoms with Gasteiger partial charge in [0, 0.05) is 6.54 Å². The third-order valence-electron chi connectivity index (χ3n) is 4.09. The minimum atomic E-state index is -1.93. The highest BCUT2D eigenvalue weighted by Crippen LogP contribution is 2.22. The first kappa shape index (κ1) is 21.7. The summed E-state index contributed by atoms with van der Waals surface area (Å²) in [7, 11) is 0. The summed E-state index contributed by atoms with van der Waals surface area (Å²) >= 11 is 9.98. The molecule has 3 N–H and O–H groups in total. The van der Waals surface area contributed by atoms with E-state index in [1.165, 1.54) is 10.9 Å². The Kier molecular flexibility index (Phi) is 7.25. The average molecular weight is 460 g/mol. The summed E-state index contributed by atoms with van der Waals surface area (Å²) in [5, 5.41) is 7.65. The first-order valence-electron chi connectivity index (χ1n) is 8.66. The van der Waals surface area contributed by atoms with Crippen LogP contribution in [0.2, 0.25) is 10.0 Å². The second-order valence-corrected chi connectivity index (χ2v) is 8.45. The van der Waals surface area contributed by atoms with E-state index < -0.39 is 16.3 Å². The van der Waals surface area contributed by atoms with Crippen LogP contribution >= 0.6 is 23.2 Å². The van der Waals surface area contributed by atoms with Crippen LogP contribution in [0.15, 0.2) is 29.2 Å². The summed E-state index contributed by atoms with van der Waals surface area (Å²) in [5.74, 6) is 0.309. The smallest absolute Gasteiger partial charge is 0.278 e. The van der Waals surface area contributed by atoms with Gasteiger partial charge in [0.15, 0.2) is 16.6 Å². The van der Waals surface area contributed by atoms with Gasteiger partial charge >= 0.3 is 0 Å². The zero-order valence-corrected chi connectivity index (χ0v) is 17.7. The average Bonchev–Trinajstić information content (AvgIpc) is 3.09. The van der Waals surface area contributed by atoms with Crippen LogP contribution < -0.4 is 10.9 Å². The second-order valence-electron chi connectivity index (χ2n) is 6.28. The molecule has 12 heteroatoms. The molecule has 2 heterocycles. The molecule has 2 atom stereocenters. The molecular weight excluding hydrogens is 441 g/mol. The molecule has 0 bridgehead atoms. The van der Waals surface area contributed by atoms with E-state index in [2.05, 4.69) is 20.4 Å². The van der Waals surface area contributed by atoms with Crippen molar-refractivity contribution in [3.63, 3.8) is 0 Å². The van der Waals surface area contributed by atoms with Gasteiger partial charge in [0.1, 0.15) is 5.52 Å². The highest BCUT2D eigenvalue weighted by Gasteiger charge is 2.12. The molecule has 0 saturated heterocycles. The number of halogens is 2. The van der Waals surface area contributed by atoms with Gasteiger partial charge in [0.25, 0.3) is 5.56 Å². The number of benzene rings is 1. The summed E-state index contributed by atoms with van der Waals surface area (Å²) in [6.45, 7) is 2.71. The van der Waals surface area contributed by atoms with Crippen molar-refractivity contribution in [2.24, 2.45) is 0 Å². The van der Waals surface area contributed by atoms with Crippen molar-refractivity contribution in [3.05, 3.63) is 50.4 Å². The van der Waals surface area contributed by atoms with E-state index in [1.54, 1.807) is 19.1 Å². The Morgan fingerprint density at radius 3 is 2.90 bits per heavy atom. The summed E-state index contributed by atoms with van der Waals surface area (Å²) in [6.07, 6.45) is 1.50. The number of aromatic amines is 1. The molecule has 3 rings (SSSR count). The summed E-state index contributed by atoms with van der Waals surface area (Å²) in [6, 6.07) is 5.26. The molecule has 2 unspecified atom stereocenters. The quantitative estimate of drug-likeness (QED) is 0.332. The standard InChI is InChI=1S/C17H19Cl2N5O4S/c1-10(29(26)27)9-28-5-4-24-15-14(8-21-24)22-17(23-16(15)25)20-7-11-2-3-12(18)13(19)6-11/h2-3,6,8,10H,4-5,7,9H2,1H3,(H,26,27)(H2,20,22,23,25). The lowest BCUT2D eigenvalue weighted by molar-refractivity contribution is 0.126. The van der Waals surface area contributed by atoms with Gasteiger partial charge in [0.05, 0.1) is 41.3 Å². The fourth-order valence-corrected chi connectivity index (χ4v) is 3.09. The third-order valence-corrected chi connectivity index (χ3v) is 5.65. The van der Waals surface area contributed by atoms with Gasteiger partial charge in [-0.25, -0.2) is 9.19 Å². The molecule has 0 radical (unpaired) electrons. The number of nitrogens with one attached hydrogen (secondary N) is 2. The molecule has 156 valence electrons. The molecule has 0 aliphatic rings. The van der Waals surface area contributed by atoms with Crippen LogP contribution in [0.4, 0.5) is 5.95 Å². The Morgan fingerprint density at radius 1 is 1.38 bits per heavy atom. The maximum Gasteiger partial charge on any atom is 0.278 e. The highest BCUT2D eigenvalue weighted by molar-refractivity contribution is 7.79. The van der Waals surface area contributed by atoms with E-state index in [1.807, 2.05) is 6.07 Å². The minimum absolute atomic E-state index is 0.139. The fourth-order valence-electron chi connectivity index (χ4n) is 2.55. The Bertz CT molecular complexity index is 1090. The number of H-pyrrole nitrogens is 1. The lowest BCUT2D eigenvalue weighted by Crippen LogP contribution is -2.20. The predicted molar refractivity (Wildman–Crippen MR) is 113 cm³/mol. The molecular formula is C17H19Cl2N5O4S. The summed E-state index contributed by atoms with van der Waals surface area (Å²) in [5.41, 5.74) is 1.31. The SMILES string of the molecule is CC(COCCn1ncc2nc(NCc3ccc(Cl)c(Cl)c3)[nH]c(=O)c21)S(=O)O. The van der Waals surface area contributed by atoms with Gasteiger partial charge in [-0.2, -0.15) is 5.10 Å².